The lowest BCUT2D eigenvalue weighted by molar-refractivity contribution is -0.129. The van der Waals surface area contributed by atoms with E-state index >= 15 is 0 Å². The van der Waals surface area contributed by atoms with Gasteiger partial charge in [-0.05, 0) is 30.9 Å². The highest BCUT2D eigenvalue weighted by atomic mass is 32.1. The van der Waals surface area contributed by atoms with Crippen molar-refractivity contribution in [3.8, 4) is 0 Å². The first-order chi connectivity index (χ1) is 17.6. The normalized spacial score (nSPS) is 18.5. The van der Waals surface area contributed by atoms with Crippen LogP contribution >= 0.6 is 11.3 Å². The van der Waals surface area contributed by atoms with Crippen molar-refractivity contribution in [2.45, 2.75) is 31.2 Å². The van der Waals surface area contributed by atoms with Crippen LogP contribution in [0.2, 0.25) is 0 Å². The fourth-order valence-electron chi connectivity index (χ4n) is 5.30. The predicted octanol–water partition coefficient (Wildman–Crippen LogP) is 4.30. The lowest BCUT2D eigenvalue weighted by Gasteiger charge is -2.44. The summed E-state index contributed by atoms with van der Waals surface area (Å²) >= 11 is 1.63. The summed E-state index contributed by atoms with van der Waals surface area (Å²) in [6.07, 6.45) is 3.03. The van der Waals surface area contributed by atoms with Gasteiger partial charge in [0.25, 0.3) is 0 Å². The number of piperidine rings is 1. The van der Waals surface area contributed by atoms with Gasteiger partial charge in [0.1, 0.15) is 0 Å². The van der Waals surface area contributed by atoms with Crippen LogP contribution in [0.1, 0.15) is 36.9 Å². The second-order valence-corrected chi connectivity index (χ2v) is 10.5. The van der Waals surface area contributed by atoms with E-state index in [4.69, 9.17) is 0 Å². The number of benzene rings is 2. The van der Waals surface area contributed by atoms with E-state index in [1.54, 1.807) is 11.3 Å². The molecule has 1 unspecified atom stereocenters. The third-order valence-electron chi connectivity index (χ3n) is 7.54. The monoisotopic (exact) mass is 503 g/mol. The molecule has 1 aromatic heterocycles. The van der Waals surface area contributed by atoms with Gasteiger partial charge in [0, 0.05) is 50.8 Å². The number of hydrogen-bond donors (Lipinski definition) is 1. The molecule has 3 aromatic rings. The van der Waals surface area contributed by atoms with Gasteiger partial charge in [-0.15, -0.1) is 11.3 Å². The Morgan fingerprint density at radius 2 is 1.50 bits per heavy atom. The van der Waals surface area contributed by atoms with Crippen molar-refractivity contribution in [2.75, 3.05) is 44.2 Å². The summed E-state index contributed by atoms with van der Waals surface area (Å²) in [7, 11) is 0. The molecule has 3 heterocycles. The second kappa shape index (κ2) is 10.7. The highest BCUT2D eigenvalue weighted by molar-refractivity contribution is 7.13. The van der Waals surface area contributed by atoms with Gasteiger partial charge >= 0.3 is 6.03 Å². The van der Waals surface area contributed by atoms with Crippen LogP contribution < -0.4 is 10.2 Å². The zero-order chi connectivity index (χ0) is 25.0. The molecule has 0 bridgehead atoms. The van der Waals surface area contributed by atoms with Gasteiger partial charge in [-0.1, -0.05) is 60.7 Å². The molecule has 0 saturated carbocycles. The van der Waals surface area contributed by atoms with Crippen LogP contribution in [0.5, 0.6) is 0 Å². The maximum Gasteiger partial charge on any atom is 0.320 e. The van der Waals surface area contributed by atoms with Crippen molar-refractivity contribution in [3.63, 3.8) is 0 Å². The Hall–Kier alpha value is -3.39. The number of hydrogen-bond acceptors (Lipinski definition) is 5. The van der Waals surface area contributed by atoms with Crippen LogP contribution in [0, 0.1) is 0 Å². The second-order valence-electron chi connectivity index (χ2n) is 9.61. The van der Waals surface area contributed by atoms with E-state index < -0.39 is 5.41 Å². The average molecular weight is 504 g/mol. The molecule has 7 nitrogen and oxygen atoms in total. The number of urea groups is 1. The minimum atomic E-state index is -0.648. The molecule has 2 saturated heterocycles. The van der Waals surface area contributed by atoms with Crippen LogP contribution in [-0.2, 0) is 10.2 Å². The molecule has 36 heavy (non-hydrogen) atoms. The summed E-state index contributed by atoms with van der Waals surface area (Å²) in [5, 5.41) is 6.27. The largest absolute Gasteiger partial charge is 0.349 e. The summed E-state index contributed by atoms with van der Waals surface area (Å²) < 4.78 is 0. The molecule has 3 amide bonds. The van der Waals surface area contributed by atoms with Crippen LogP contribution in [0.4, 0.5) is 9.93 Å². The summed E-state index contributed by atoms with van der Waals surface area (Å²) in [6.45, 7) is 6.11. The number of nitrogens with zero attached hydrogens (tertiary/aromatic N) is 4. The van der Waals surface area contributed by atoms with E-state index in [2.05, 4.69) is 15.2 Å². The van der Waals surface area contributed by atoms with Crippen molar-refractivity contribution >= 4 is 28.4 Å². The summed E-state index contributed by atoms with van der Waals surface area (Å²) in [5.74, 6) is 0.0363. The molecule has 188 valence electrons. The molecule has 2 aromatic carbocycles. The quantitative estimate of drug-likeness (QED) is 0.564. The van der Waals surface area contributed by atoms with Crippen molar-refractivity contribution < 1.29 is 9.59 Å². The van der Waals surface area contributed by atoms with Gasteiger partial charge in [-0.2, -0.15) is 0 Å². The van der Waals surface area contributed by atoms with Crippen LogP contribution in [-0.4, -0.2) is 66.0 Å². The molecule has 2 fully saturated rings. The van der Waals surface area contributed by atoms with Gasteiger partial charge in [0.2, 0.25) is 5.91 Å². The standard InChI is InChI=1S/C28H33N5O2S/c1-22(23-8-4-2-5-9-23)30-25(34)28(24-10-6-3-7-11-24)12-15-32(16-13-28)27(35)33-19-17-31(18-20-33)26-29-14-21-36-26/h2-11,14,21-22H,12-13,15-20H2,1H3,(H,30,34). The Balaban J connectivity index is 1.25. The third-order valence-corrected chi connectivity index (χ3v) is 8.37. The van der Waals surface area contributed by atoms with Crippen molar-refractivity contribution in [1.82, 2.24) is 20.1 Å². The number of rotatable bonds is 5. The zero-order valence-electron chi connectivity index (χ0n) is 20.7. The van der Waals surface area contributed by atoms with Gasteiger partial charge < -0.3 is 20.0 Å². The van der Waals surface area contributed by atoms with E-state index in [1.165, 1.54) is 0 Å². The van der Waals surface area contributed by atoms with Crippen LogP contribution in [0.25, 0.3) is 0 Å². The fourth-order valence-corrected chi connectivity index (χ4v) is 6.00. The summed E-state index contributed by atoms with van der Waals surface area (Å²) in [4.78, 5) is 37.6. The molecular weight excluding hydrogens is 470 g/mol. The van der Waals surface area contributed by atoms with E-state index in [0.717, 1.165) is 29.3 Å². The Morgan fingerprint density at radius 1 is 0.889 bits per heavy atom. The number of carbonyl (C=O) groups is 2. The number of amides is 3. The van der Waals surface area contributed by atoms with Crippen molar-refractivity contribution in [1.29, 1.82) is 0 Å². The molecule has 2 aliphatic rings. The SMILES string of the molecule is CC(NC(=O)C1(c2ccccc2)CCN(C(=O)N2CCN(c3nccs3)CC2)CC1)c1ccccc1. The number of aromatic nitrogens is 1. The highest BCUT2D eigenvalue weighted by Crippen LogP contribution is 2.37. The first-order valence-electron chi connectivity index (χ1n) is 12.7. The number of anilines is 1. The van der Waals surface area contributed by atoms with E-state index in [0.29, 0.717) is 39.0 Å². The lowest BCUT2D eigenvalue weighted by Crippen LogP contribution is -2.57. The Bertz CT molecular complexity index is 1140. The van der Waals surface area contributed by atoms with Crippen LogP contribution in [0.15, 0.2) is 72.2 Å². The first kappa shape index (κ1) is 24.3. The number of thiazole rings is 1. The number of likely N-dealkylation sites (tertiary alicyclic amines) is 1. The highest BCUT2D eigenvalue weighted by Gasteiger charge is 2.44. The maximum absolute atomic E-state index is 13.8. The van der Waals surface area contributed by atoms with Gasteiger partial charge in [0.05, 0.1) is 11.5 Å². The van der Waals surface area contributed by atoms with E-state index in [1.807, 2.05) is 89.0 Å². The smallest absolute Gasteiger partial charge is 0.320 e. The number of nitrogens with one attached hydrogen (secondary N) is 1. The molecule has 0 radical (unpaired) electrons. The third kappa shape index (κ3) is 4.95. The topological polar surface area (TPSA) is 68.8 Å². The maximum atomic E-state index is 13.8. The zero-order valence-corrected chi connectivity index (χ0v) is 21.5. The Kier molecular flexibility index (Phi) is 7.23. The van der Waals surface area contributed by atoms with Crippen LogP contribution in [0.3, 0.4) is 0 Å². The average Bonchev–Trinajstić information content (AvgIpc) is 3.49. The van der Waals surface area contributed by atoms with E-state index in [-0.39, 0.29) is 18.0 Å². The van der Waals surface area contributed by atoms with Gasteiger partial charge in [-0.25, -0.2) is 9.78 Å². The predicted molar refractivity (Wildman–Crippen MR) is 143 cm³/mol. The Labute approximate surface area is 216 Å². The summed E-state index contributed by atoms with van der Waals surface area (Å²) in [6, 6.07) is 20.1. The number of carbonyl (C=O) groups excluding carboxylic acids is 2. The van der Waals surface area contributed by atoms with Gasteiger partial charge in [0.15, 0.2) is 5.13 Å². The molecule has 2 aliphatic heterocycles. The van der Waals surface area contributed by atoms with E-state index in [9.17, 15) is 9.59 Å². The van der Waals surface area contributed by atoms with Gasteiger partial charge in [-0.3, -0.25) is 4.79 Å². The molecule has 5 rings (SSSR count). The molecule has 0 aliphatic carbocycles. The molecular formula is C28H33N5O2S. The van der Waals surface area contributed by atoms with Crippen molar-refractivity contribution in [2.24, 2.45) is 0 Å². The summed E-state index contributed by atoms with van der Waals surface area (Å²) in [5.41, 5.74) is 1.45. The first-order valence-corrected chi connectivity index (χ1v) is 13.5. The lowest BCUT2D eigenvalue weighted by atomic mass is 9.71. The Morgan fingerprint density at radius 3 is 2.11 bits per heavy atom. The molecule has 1 atom stereocenters. The number of piperazine rings is 1. The minimum Gasteiger partial charge on any atom is -0.349 e. The fraction of sp³-hybridized carbons (Fsp3) is 0.393. The minimum absolute atomic E-state index is 0.0363. The molecule has 8 heteroatoms. The molecule has 1 N–H and O–H groups in total. The molecule has 0 spiro atoms. The van der Waals surface area contributed by atoms with Crippen molar-refractivity contribution in [3.05, 3.63) is 83.4 Å².